The average molecular weight is 390 g/mol. The molecule has 1 aliphatic heterocycles. The van der Waals surface area contributed by atoms with E-state index < -0.39 is 24.1 Å². The molecule has 0 fully saturated rings. The number of fused-ring (bicyclic) bond motifs is 1. The number of anilines is 1. The highest BCUT2D eigenvalue weighted by atomic mass is 35.5. The minimum atomic E-state index is -1.01. The quantitative estimate of drug-likeness (QED) is 0.789. The predicted octanol–water partition coefficient (Wildman–Crippen LogP) is 3.73. The zero-order valence-electron chi connectivity index (χ0n) is 15.0. The molecule has 0 bridgehead atoms. The van der Waals surface area contributed by atoms with Gasteiger partial charge in [-0.2, -0.15) is 0 Å². The molecule has 142 valence electrons. The van der Waals surface area contributed by atoms with E-state index >= 15 is 0 Å². The van der Waals surface area contributed by atoms with Gasteiger partial charge in [0.1, 0.15) is 18.0 Å². The zero-order valence-corrected chi connectivity index (χ0v) is 15.8. The van der Waals surface area contributed by atoms with Crippen LogP contribution in [0, 0.1) is 0 Å². The molecule has 1 heterocycles. The lowest BCUT2D eigenvalue weighted by molar-refractivity contribution is -0.150. The van der Waals surface area contributed by atoms with Gasteiger partial charge in [-0.15, -0.1) is 0 Å². The topological polar surface area (TPSA) is 73.9 Å². The summed E-state index contributed by atoms with van der Waals surface area (Å²) < 4.78 is 16.5. The van der Waals surface area contributed by atoms with E-state index in [1.807, 2.05) is 24.3 Å². The molecular formula is C20H20ClNO5. The number of halogens is 1. The van der Waals surface area contributed by atoms with Crippen molar-refractivity contribution >= 4 is 29.2 Å². The standard InChI is InChI=1S/C20H20ClNO5/c1-3-26-18(23)11-17-20(24)22-15-9-8-12(21)10-14(15)19(27-17)13-6-4-5-7-16(13)25-2/h4-10,17,19H,3,11H2,1-2H3,(H,22,24). The number of esters is 1. The maximum atomic E-state index is 12.6. The van der Waals surface area contributed by atoms with Crippen LogP contribution >= 0.6 is 11.6 Å². The summed E-state index contributed by atoms with van der Waals surface area (Å²) >= 11 is 6.18. The van der Waals surface area contributed by atoms with Gasteiger partial charge in [-0.05, 0) is 31.2 Å². The van der Waals surface area contributed by atoms with Gasteiger partial charge in [-0.25, -0.2) is 0 Å². The van der Waals surface area contributed by atoms with Crippen LogP contribution in [-0.4, -0.2) is 31.7 Å². The van der Waals surface area contributed by atoms with Crippen molar-refractivity contribution in [2.75, 3.05) is 19.0 Å². The van der Waals surface area contributed by atoms with E-state index in [4.69, 9.17) is 25.8 Å². The van der Waals surface area contributed by atoms with Crippen LogP contribution < -0.4 is 10.1 Å². The third-order valence-electron chi connectivity index (χ3n) is 4.23. The van der Waals surface area contributed by atoms with E-state index in [2.05, 4.69) is 5.32 Å². The Morgan fingerprint density at radius 3 is 2.74 bits per heavy atom. The largest absolute Gasteiger partial charge is 0.496 e. The van der Waals surface area contributed by atoms with Crippen molar-refractivity contribution in [1.82, 2.24) is 0 Å². The number of carbonyl (C=O) groups excluding carboxylic acids is 2. The smallest absolute Gasteiger partial charge is 0.308 e. The molecule has 0 saturated carbocycles. The Kier molecular flexibility index (Phi) is 5.98. The van der Waals surface area contributed by atoms with Crippen LogP contribution in [0.2, 0.25) is 5.02 Å². The third-order valence-corrected chi connectivity index (χ3v) is 4.46. The maximum Gasteiger partial charge on any atom is 0.308 e. The molecule has 1 amide bonds. The van der Waals surface area contributed by atoms with Crippen molar-refractivity contribution in [1.29, 1.82) is 0 Å². The Morgan fingerprint density at radius 2 is 2.00 bits per heavy atom. The van der Waals surface area contributed by atoms with Crippen molar-refractivity contribution in [3.05, 3.63) is 58.6 Å². The van der Waals surface area contributed by atoms with Crippen molar-refractivity contribution in [2.45, 2.75) is 25.6 Å². The molecule has 2 unspecified atom stereocenters. The third kappa shape index (κ3) is 4.23. The summed E-state index contributed by atoms with van der Waals surface area (Å²) in [4.78, 5) is 24.6. The average Bonchev–Trinajstić information content (AvgIpc) is 2.79. The van der Waals surface area contributed by atoms with Crippen LogP contribution in [0.1, 0.15) is 30.6 Å². The van der Waals surface area contributed by atoms with Gasteiger partial charge in [0.2, 0.25) is 0 Å². The van der Waals surface area contributed by atoms with Gasteiger partial charge in [-0.3, -0.25) is 9.59 Å². The molecule has 3 rings (SSSR count). The van der Waals surface area contributed by atoms with Crippen LogP contribution in [-0.2, 0) is 19.1 Å². The molecule has 1 N–H and O–H groups in total. The maximum absolute atomic E-state index is 12.6. The summed E-state index contributed by atoms with van der Waals surface area (Å²) in [5, 5.41) is 3.32. The predicted molar refractivity (Wildman–Crippen MR) is 101 cm³/mol. The molecule has 6 nitrogen and oxygen atoms in total. The lowest BCUT2D eigenvalue weighted by Crippen LogP contribution is -2.32. The van der Waals surface area contributed by atoms with Crippen LogP contribution in [0.15, 0.2) is 42.5 Å². The summed E-state index contributed by atoms with van der Waals surface area (Å²) in [7, 11) is 1.56. The fraction of sp³-hybridized carbons (Fsp3) is 0.300. The number of carbonyl (C=O) groups is 2. The highest BCUT2D eigenvalue weighted by Gasteiger charge is 2.34. The molecule has 0 aromatic heterocycles. The second kappa shape index (κ2) is 8.41. The molecule has 0 aliphatic carbocycles. The molecule has 2 aromatic rings. The second-order valence-electron chi connectivity index (χ2n) is 5.98. The zero-order chi connectivity index (χ0) is 19.4. The van der Waals surface area contributed by atoms with E-state index in [0.717, 1.165) is 5.56 Å². The summed E-state index contributed by atoms with van der Waals surface area (Å²) in [6.45, 7) is 1.94. The van der Waals surface area contributed by atoms with Gasteiger partial charge in [0.15, 0.2) is 0 Å². The summed E-state index contributed by atoms with van der Waals surface area (Å²) in [6.07, 6.45) is -1.84. The van der Waals surface area contributed by atoms with Gasteiger partial charge in [0.05, 0.1) is 20.1 Å². The van der Waals surface area contributed by atoms with Crippen LogP contribution in [0.5, 0.6) is 5.75 Å². The molecule has 0 spiro atoms. The minimum Gasteiger partial charge on any atom is -0.496 e. The van der Waals surface area contributed by atoms with E-state index in [1.165, 1.54) is 0 Å². The minimum absolute atomic E-state index is 0.187. The lowest BCUT2D eigenvalue weighted by atomic mass is 9.99. The molecule has 1 aliphatic rings. The van der Waals surface area contributed by atoms with Crippen LogP contribution in [0.3, 0.4) is 0 Å². The number of para-hydroxylation sites is 1. The summed E-state index contributed by atoms with van der Waals surface area (Å²) in [6, 6.07) is 12.5. The second-order valence-corrected chi connectivity index (χ2v) is 6.41. The molecule has 7 heteroatoms. The number of ether oxygens (including phenoxy) is 3. The van der Waals surface area contributed by atoms with E-state index in [1.54, 1.807) is 32.2 Å². The van der Waals surface area contributed by atoms with Gasteiger partial charge >= 0.3 is 5.97 Å². The first-order chi connectivity index (χ1) is 13.0. The first-order valence-electron chi connectivity index (χ1n) is 8.57. The fourth-order valence-corrected chi connectivity index (χ4v) is 3.19. The normalized spacial score (nSPS) is 18.9. The molecule has 27 heavy (non-hydrogen) atoms. The van der Waals surface area contributed by atoms with Crippen molar-refractivity contribution in [3.63, 3.8) is 0 Å². The number of amides is 1. The Balaban J connectivity index is 2.05. The van der Waals surface area contributed by atoms with Crippen LogP contribution in [0.4, 0.5) is 5.69 Å². The highest BCUT2D eigenvalue weighted by Crippen LogP contribution is 2.40. The lowest BCUT2D eigenvalue weighted by Gasteiger charge is -2.23. The van der Waals surface area contributed by atoms with E-state index in [9.17, 15) is 9.59 Å². The van der Waals surface area contributed by atoms with Crippen molar-refractivity contribution in [3.8, 4) is 5.75 Å². The van der Waals surface area contributed by atoms with Crippen molar-refractivity contribution < 1.29 is 23.8 Å². The van der Waals surface area contributed by atoms with Gasteiger partial charge in [0.25, 0.3) is 5.91 Å². The highest BCUT2D eigenvalue weighted by molar-refractivity contribution is 6.30. The summed E-state index contributed by atoms with van der Waals surface area (Å²) in [5.74, 6) is -0.304. The Morgan fingerprint density at radius 1 is 1.22 bits per heavy atom. The van der Waals surface area contributed by atoms with Gasteiger partial charge in [-0.1, -0.05) is 29.8 Å². The molecule has 0 saturated heterocycles. The molecule has 2 aromatic carbocycles. The fourth-order valence-electron chi connectivity index (χ4n) is 3.01. The number of methoxy groups -OCH3 is 1. The SMILES string of the molecule is CCOC(=O)CC1OC(c2ccccc2OC)c2cc(Cl)ccc2NC1=O. The number of hydrogen-bond donors (Lipinski definition) is 1. The number of nitrogens with one attached hydrogen (secondary N) is 1. The molecule has 2 atom stereocenters. The number of hydrogen-bond acceptors (Lipinski definition) is 5. The van der Waals surface area contributed by atoms with E-state index in [0.29, 0.717) is 22.0 Å². The Hall–Kier alpha value is -2.57. The summed E-state index contributed by atoms with van der Waals surface area (Å²) in [5.41, 5.74) is 1.99. The Bertz CT molecular complexity index is 854. The molecular weight excluding hydrogens is 370 g/mol. The van der Waals surface area contributed by atoms with Gasteiger partial charge < -0.3 is 19.5 Å². The number of rotatable bonds is 5. The Labute approximate surface area is 162 Å². The van der Waals surface area contributed by atoms with Crippen molar-refractivity contribution in [2.24, 2.45) is 0 Å². The first-order valence-corrected chi connectivity index (χ1v) is 8.95. The monoisotopic (exact) mass is 389 g/mol. The molecule has 0 radical (unpaired) electrons. The first kappa shape index (κ1) is 19.2. The van der Waals surface area contributed by atoms with E-state index in [-0.39, 0.29) is 13.0 Å². The van der Waals surface area contributed by atoms with Gasteiger partial charge in [0, 0.05) is 21.8 Å². The number of benzene rings is 2. The van der Waals surface area contributed by atoms with Crippen LogP contribution in [0.25, 0.3) is 0 Å².